The maximum Gasteiger partial charge on any atom is 0.405 e. The highest BCUT2D eigenvalue weighted by Crippen LogP contribution is 2.45. The van der Waals surface area contributed by atoms with Gasteiger partial charge in [-0.05, 0) is 93.3 Å². The highest BCUT2D eigenvalue weighted by molar-refractivity contribution is 7.97. The average molecular weight is 656 g/mol. The molecule has 0 amide bonds. The minimum Gasteiger partial charge on any atom is -0.483 e. The van der Waals surface area contributed by atoms with Crippen molar-refractivity contribution >= 4 is 21.0 Å². The minimum atomic E-state index is -5.66. The molecule has 2 aliphatic rings. The van der Waals surface area contributed by atoms with Crippen LogP contribution in [0.2, 0.25) is 0 Å². The van der Waals surface area contributed by atoms with Gasteiger partial charge in [-0.2, -0.15) is 17.2 Å². The van der Waals surface area contributed by atoms with Gasteiger partial charge in [0.2, 0.25) is 0 Å². The number of alkyl halides is 4. The van der Waals surface area contributed by atoms with Crippen molar-refractivity contribution in [2.24, 2.45) is 5.92 Å². The van der Waals surface area contributed by atoms with E-state index in [1.807, 2.05) is 54.6 Å². The van der Waals surface area contributed by atoms with Crippen LogP contribution in [0.4, 0.5) is 17.6 Å². The number of halogens is 4. The Labute approximate surface area is 257 Å². The molecule has 0 bridgehead atoms. The van der Waals surface area contributed by atoms with E-state index in [4.69, 9.17) is 18.8 Å². The van der Waals surface area contributed by atoms with E-state index >= 15 is 0 Å². The second kappa shape index (κ2) is 12.6. The molecule has 1 saturated carbocycles. The lowest BCUT2D eigenvalue weighted by atomic mass is 9.82. The van der Waals surface area contributed by atoms with Crippen molar-refractivity contribution in [3.8, 4) is 5.75 Å². The van der Waals surface area contributed by atoms with E-state index in [-0.39, 0.29) is 11.7 Å². The molecule has 1 aliphatic heterocycles. The first kappa shape index (κ1) is 32.7. The van der Waals surface area contributed by atoms with Crippen molar-refractivity contribution in [2.45, 2.75) is 89.8 Å². The fraction of sp³-hybridized carbons (Fsp3) is 0.438. The predicted molar refractivity (Wildman–Crippen MR) is 158 cm³/mol. The van der Waals surface area contributed by atoms with E-state index in [0.717, 1.165) is 40.9 Å². The number of hydrogen-bond acceptors (Lipinski definition) is 5. The summed E-state index contributed by atoms with van der Waals surface area (Å²) in [6.45, 7) is 1.82. The lowest BCUT2D eigenvalue weighted by molar-refractivity contribution is -0.371. The van der Waals surface area contributed by atoms with Crippen molar-refractivity contribution in [1.82, 2.24) is 0 Å². The summed E-state index contributed by atoms with van der Waals surface area (Å²) in [6, 6.07) is 23.3. The zero-order valence-corrected chi connectivity index (χ0v) is 25.9. The molecule has 4 unspecified atom stereocenters. The summed E-state index contributed by atoms with van der Waals surface area (Å²) in [7, 11) is -6.32. The number of rotatable bonds is 9. The van der Waals surface area contributed by atoms with Gasteiger partial charge in [0.05, 0.1) is 10.9 Å². The predicted octanol–water partition coefficient (Wildman–Crippen LogP) is 7.83. The molecule has 0 aromatic heterocycles. The number of hydrogen-bond donors (Lipinski definition) is 1. The van der Waals surface area contributed by atoms with Gasteiger partial charge in [0.15, 0.2) is 26.6 Å². The van der Waals surface area contributed by atoms with Crippen molar-refractivity contribution in [3.05, 3.63) is 84.4 Å². The SMILES string of the molecule is CC(Oc1ccc([S+](c2ccccc2)c2ccc(C3(C)OCC(F)(F)C(C4CCCCC4)O3)cc2)cc1)C(F)(F)S(=O)(=O)O. The van der Waals surface area contributed by atoms with Crippen LogP contribution in [0, 0.1) is 5.92 Å². The molecule has 1 saturated heterocycles. The van der Waals surface area contributed by atoms with Gasteiger partial charge in [-0.25, -0.2) is 8.78 Å². The highest BCUT2D eigenvalue weighted by atomic mass is 32.2. The second-order valence-corrected chi connectivity index (χ2v) is 14.9. The van der Waals surface area contributed by atoms with E-state index in [1.54, 1.807) is 19.1 Å². The largest absolute Gasteiger partial charge is 0.483 e. The van der Waals surface area contributed by atoms with Gasteiger partial charge in [-0.15, -0.1) is 0 Å². The third kappa shape index (κ3) is 6.79. The average Bonchev–Trinajstić information content (AvgIpc) is 3.00. The molecule has 3 aromatic carbocycles. The Morgan fingerprint density at radius 2 is 1.45 bits per heavy atom. The Hall–Kier alpha value is -2.64. The van der Waals surface area contributed by atoms with Gasteiger partial charge in [-0.1, -0.05) is 37.5 Å². The summed E-state index contributed by atoms with van der Waals surface area (Å²) >= 11 is 0. The third-order valence-electron chi connectivity index (χ3n) is 8.17. The van der Waals surface area contributed by atoms with E-state index in [0.29, 0.717) is 18.4 Å². The van der Waals surface area contributed by atoms with Crippen LogP contribution in [0.3, 0.4) is 0 Å². The lowest BCUT2D eigenvalue weighted by Gasteiger charge is -2.46. The fourth-order valence-corrected chi connectivity index (χ4v) is 8.23. The topological polar surface area (TPSA) is 82.1 Å². The first-order chi connectivity index (χ1) is 20.7. The molecule has 12 heteroatoms. The second-order valence-electron chi connectivity index (χ2n) is 11.3. The van der Waals surface area contributed by atoms with Crippen molar-refractivity contribution in [3.63, 3.8) is 0 Å². The first-order valence-corrected chi connectivity index (χ1v) is 17.1. The van der Waals surface area contributed by atoms with Gasteiger partial charge in [-0.3, -0.25) is 4.55 Å². The van der Waals surface area contributed by atoms with Crippen LogP contribution in [0.5, 0.6) is 5.75 Å². The van der Waals surface area contributed by atoms with E-state index in [1.165, 1.54) is 12.1 Å². The monoisotopic (exact) mass is 655 g/mol. The lowest BCUT2D eigenvalue weighted by Crippen LogP contribution is -2.55. The maximum absolute atomic E-state index is 14.9. The summed E-state index contributed by atoms with van der Waals surface area (Å²) in [6.07, 6.45) is 0.941. The Morgan fingerprint density at radius 1 is 0.909 bits per heavy atom. The summed E-state index contributed by atoms with van der Waals surface area (Å²) in [5, 5.41) is -4.49. The molecule has 2 fully saturated rings. The Balaban J connectivity index is 1.40. The van der Waals surface area contributed by atoms with Gasteiger partial charge >= 0.3 is 15.4 Å². The number of benzene rings is 3. The first-order valence-electron chi connectivity index (χ1n) is 14.4. The zero-order chi connectivity index (χ0) is 31.8. The third-order valence-corrected chi connectivity index (χ3v) is 11.4. The van der Waals surface area contributed by atoms with E-state index in [9.17, 15) is 26.0 Å². The molecule has 238 valence electrons. The van der Waals surface area contributed by atoms with Crippen LogP contribution in [0.1, 0.15) is 51.5 Å². The molecule has 6 nitrogen and oxygen atoms in total. The van der Waals surface area contributed by atoms with Crippen LogP contribution in [-0.2, 0) is 36.3 Å². The van der Waals surface area contributed by atoms with Crippen LogP contribution >= 0.6 is 0 Å². The normalized spacial score (nSPS) is 24.4. The highest BCUT2D eigenvalue weighted by Gasteiger charge is 2.54. The molecular formula is C32H35F4O6S2+. The fourth-order valence-electron chi connectivity index (χ4n) is 5.70. The Morgan fingerprint density at radius 3 is 2.02 bits per heavy atom. The van der Waals surface area contributed by atoms with Crippen LogP contribution in [0.15, 0.2) is 93.5 Å². The molecule has 1 heterocycles. The van der Waals surface area contributed by atoms with E-state index in [2.05, 4.69) is 0 Å². The van der Waals surface area contributed by atoms with Crippen LogP contribution < -0.4 is 4.74 Å². The van der Waals surface area contributed by atoms with Crippen molar-refractivity contribution < 1.29 is 44.7 Å². The molecule has 4 atom stereocenters. The summed E-state index contributed by atoms with van der Waals surface area (Å²) in [5.41, 5.74) is 0.617. The summed E-state index contributed by atoms with van der Waals surface area (Å²) in [5.74, 6) is -4.63. The maximum atomic E-state index is 14.9. The zero-order valence-electron chi connectivity index (χ0n) is 24.3. The quantitative estimate of drug-likeness (QED) is 0.144. The van der Waals surface area contributed by atoms with Gasteiger partial charge in [0, 0.05) is 5.56 Å². The Bertz CT molecular complexity index is 1510. The standard InChI is InChI=1S/C32H34F4O6S2/c1-22(32(35,36)44(37,38)39)41-25-15-19-28(20-16-25)43(26-11-7-4-8-12-26)27-17-13-24(14-18-27)30(2)40-21-31(33,34)29(42-30)23-9-5-3-6-10-23/h4,7-8,11-20,22-23,29H,3,5-6,9-10,21H2,1-2H3/p+1. The summed E-state index contributed by atoms with van der Waals surface area (Å²) in [4.78, 5) is 2.68. The molecule has 0 radical (unpaired) electrons. The molecule has 44 heavy (non-hydrogen) atoms. The smallest absolute Gasteiger partial charge is 0.405 e. The van der Waals surface area contributed by atoms with Gasteiger partial charge in [0.1, 0.15) is 18.5 Å². The molecular weight excluding hydrogens is 620 g/mol. The minimum absolute atomic E-state index is 0.000349. The molecule has 0 spiro atoms. The molecule has 5 rings (SSSR count). The van der Waals surface area contributed by atoms with Crippen LogP contribution in [0.25, 0.3) is 0 Å². The number of ether oxygens (including phenoxy) is 3. The molecule has 1 N–H and O–H groups in total. The molecule has 3 aromatic rings. The van der Waals surface area contributed by atoms with Gasteiger partial charge < -0.3 is 14.2 Å². The van der Waals surface area contributed by atoms with Crippen molar-refractivity contribution in [1.29, 1.82) is 0 Å². The van der Waals surface area contributed by atoms with Gasteiger partial charge in [0.25, 0.3) is 5.92 Å². The van der Waals surface area contributed by atoms with Crippen LogP contribution in [-0.4, -0.2) is 43.0 Å². The summed E-state index contributed by atoms with van der Waals surface area (Å²) < 4.78 is 106. The Kier molecular flexibility index (Phi) is 9.40. The van der Waals surface area contributed by atoms with Crippen molar-refractivity contribution in [2.75, 3.05) is 6.61 Å². The molecule has 1 aliphatic carbocycles. The van der Waals surface area contributed by atoms with E-state index < -0.39 is 56.8 Å².